The molecule has 12 atom stereocenters. The van der Waals surface area contributed by atoms with Crippen molar-refractivity contribution in [2.45, 2.75) is 86.6 Å². The average molecular weight is 441 g/mol. The van der Waals surface area contributed by atoms with Crippen molar-refractivity contribution in [1.29, 1.82) is 0 Å². The van der Waals surface area contributed by atoms with E-state index in [1.807, 2.05) is 0 Å². The Hall–Kier alpha value is -0.520. The molecule has 2 fully saturated rings. The van der Waals surface area contributed by atoms with Crippen molar-refractivity contribution in [3.05, 3.63) is 0 Å². The smallest absolute Gasteiger partial charge is 0.176 e. The Morgan fingerprint density at radius 2 is 1.67 bits per heavy atom. The lowest BCUT2D eigenvalue weighted by Crippen LogP contribution is -2.67. The molecule has 1 saturated heterocycles. The fourth-order valence-corrected chi connectivity index (χ4v) is 3.57. The van der Waals surface area contributed by atoms with Crippen LogP contribution in [0.4, 0.5) is 0 Å². The molecular weight excluding hydrogens is 406 g/mol. The quantitative estimate of drug-likeness (QED) is 0.152. The number of aliphatic hydroxyl groups is 6. The molecule has 1 aliphatic heterocycles. The van der Waals surface area contributed by atoms with Crippen LogP contribution in [0.3, 0.4) is 0 Å². The van der Waals surface area contributed by atoms with E-state index in [9.17, 15) is 30.6 Å². The molecular formula is C17H35N3O10. The lowest BCUT2D eigenvalue weighted by Gasteiger charge is -2.46. The Bertz CT molecular complexity index is 516. The van der Waals surface area contributed by atoms with Crippen LogP contribution in [0, 0.1) is 0 Å². The van der Waals surface area contributed by atoms with E-state index in [1.165, 1.54) is 6.92 Å². The third kappa shape index (κ3) is 5.83. The summed E-state index contributed by atoms with van der Waals surface area (Å²) in [7, 11) is 0. The highest BCUT2D eigenvalue weighted by Crippen LogP contribution is 2.28. The second-order valence-corrected chi connectivity index (χ2v) is 7.82. The molecule has 0 amide bonds. The highest BCUT2D eigenvalue weighted by Gasteiger charge is 2.49. The van der Waals surface area contributed by atoms with Gasteiger partial charge in [-0.3, -0.25) is 0 Å². The number of ether oxygens (including phenoxy) is 4. The van der Waals surface area contributed by atoms with E-state index in [-0.39, 0.29) is 6.42 Å². The first-order chi connectivity index (χ1) is 14.1. The largest absolute Gasteiger partial charge is 0.394 e. The third-order valence-corrected chi connectivity index (χ3v) is 5.55. The molecule has 12 N–H and O–H groups in total. The Morgan fingerprint density at radius 1 is 1.00 bits per heavy atom. The van der Waals surface area contributed by atoms with Crippen LogP contribution in [0.2, 0.25) is 0 Å². The van der Waals surface area contributed by atoms with Crippen LogP contribution < -0.4 is 17.2 Å². The van der Waals surface area contributed by atoms with E-state index in [0.29, 0.717) is 0 Å². The highest BCUT2D eigenvalue weighted by atomic mass is 16.7. The molecule has 0 radical (unpaired) electrons. The van der Waals surface area contributed by atoms with Crippen molar-refractivity contribution in [1.82, 2.24) is 0 Å². The molecule has 13 heteroatoms. The van der Waals surface area contributed by atoms with E-state index in [2.05, 4.69) is 0 Å². The van der Waals surface area contributed by atoms with E-state index >= 15 is 0 Å². The summed E-state index contributed by atoms with van der Waals surface area (Å²) in [6.07, 6.45) is -10.1. The number of nitrogens with two attached hydrogens (primary N) is 3. The van der Waals surface area contributed by atoms with Gasteiger partial charge >= 0.3 is 0 Å². The second kappa shape index (κ2) is 11.4. The minimum absolute atomic E-state index is 0.191. The lowest BCUT2D eigenvalue weighted by atomic mass is 9.84. The summed E-state index contributed by atoms with van der Waals surface area (Å²) in [6.45, 7) is 0.00789. The number of rotatable bonds is 9. The van der Waals surface area contributed by atoms with Gasteiger partial charge in [0.25, 0.3) is 0 Å². The van der Waals surface area contributed by atoms with Crippen molar-refractivity contribution in [3.63, 3.8) is 0 Å². The first-order valence-corrected chi connectivity index (χ1v) is 9.87. The molecule has 2 aliphatic rings. The van der Waals surface area contributed by atoms with Gasteiger partial charge in [0.05, 0.1) is 31.5 Å². The van der Waals surface area contributed by atoms with Crippen LogP contribution in [0.1, 0.15) is 13.3 Å². The molecule has 0 aromatic rings. The SMILES string of the molecule is C[C@@H](O)[C@@H](CO)OCO[C@@H]1C(O)[C@H](N)CC(N)[C@H]1O[C@H]1OC(CO)[C@@H](O)[C@H](O)C1N. The monoisotopic (exact) mass is 441 g/mol. The van der Waals surface area contributed by atoms with Gasteiger partial charge in [-0.1, -0.05) is 0 Å². The van der Waals surface area contributed by atoms with Crippen LogP contribution in [-0.4, -0.2) is 124 Å². The first-order valence-electron chi connectivity index (χ1n) is 9.87. The summed E-state index contributed by atoms with van der Waals surface area (Å²) >= 11 is 0. The zero-order valence-electron chi connectivity index (χ0n) is 16.8. The van der Waals surface area contributed by atoms with Gasteiger partial charge in [-0.15, -0.1) is 0 Å². The van der Waals surface area contributed by atoms with Crippen molar-refractivity contribution in [2.75, 3.05) is 20.0 Å². The fourth-order valence-electron chi connectivity index (χ4n) is 3.57. The van der Waals surface area contributed by atoms with Crippen LogP contribution in [0.15, 0.2) is 0 Å². The van der Waals surface area contributed by atoms with E-state index in [1.54, 1.807) is 0 Å². The molecule has 1 aliphatic carbocycles. The summed E-state index contributed by atoms with van der Waals surface area (Å²) < 4.78 is 22.1. The van der Waals surface area contributed by atoms with Gasteiger partial charge in [-0.05, 0) is 13.3 Å². The van der Waals surface area contributed by atoms with Gasteiger partial charge in [0.2, 0.25) is 0 Å². The van der Waals surface area contributed by atoms with Gasteiger partial charge in [-0.25, -0.2) is 0 Å². The molecule has 1 saturated carbocycles. The van der Waals surface area contributed by atoms with E-state index in [0.717, 1.165) is 0 Å². The van der Waals surface area contributed by atoms with Crippen molar-refractivity contribution in [3.8, 4) is 0 Å². The maximum atomic E-state index is 10.5. The van der Waals surface area contributed by atoms with Gasteiger partial charge in [0.1, 0.15) is 43.4 Å². The number of hydrogen-bond acceptors (Lipinski definition) is 13. The van der Waals surface area contributed by atoms with Crippen LogP contribution in [0.25, 0.3) is 0 Å². The standard InChI is InChI=1S/C17H35N3O10/c1-6(23)9(3-21)27-5-28-16-12(24)7(18)2-8(19)15(16)30-17-11(20)14(26)13(25)10(4-22)29-17/h6-17,21-26H,2-5,18-20H2,1H3/t6-,7-,8?,9-,10?,11?,12?,13-,14-,15-,16-,17-/m1/s1. The summed E-state index contributed by atoms with van der Waals surface area (Å²) in [5.41, 5.74) is 18.0. The molecule has 178 valence electrons. The maximum absolute atomic E-state index is 10.5. The molecule has 0 aromatic heterocycles. The summed E-state index contributed by atoms with van der Waals surface area (Å²) in [4.78, 5) is 0. The van der Waals surface area contributed by atoms with Gasteiger partial charge in [0, 0.05) is 12.1 Å². The van der Waals surface area contributed by atoms with Crippen molar-refractivity contribution in [2.24, 2.45) is 17.2 Å². The predicted molar refractivity (Wildman–Crippen MR) is 101 cm³/mol. The van der Waals surface area contributed by atoms with E-state index in [4.69, 9.17) is 36.1 Å². The normalized spacial score (nSPS) is 44.6. The molecule has 4 unspecified atom stereocenters. The predicted octanol–water partition coefficient (Wildman–Crippen LogP) is -5.34. The van der Waals surface area contributed by atoms with Crippen LogP contribution in [0.5, 0.6) is 0 Å². The minimum Gasteiger partial charge on any atom is -0.394 e. The topological polar surface area (TPSA) is 236 Å². The van der Waals surface area contributed by atoms with Crippen LogP contribution in [-0.2, 0) is 18.9 Å². The first kappa shape index (κ1) is 25.7. The third-order valence-electron chi connectivity index (χ3n) is 5.55. The van der Waals surface area contributed by atoms with Crippen molar-refractivity contribution >= 4 is 0 Å². The van der Waals surface area contributed by atoms with E-state index < -0.39 is 93.3 Å². The number of hydrogen-bond donors (Lipinski definition) is 9. The Morgan fingerprint density at radius 3 is 2.23 bits per heavy atom. The fraction of sp³-hybridized carbons (Fsp3) is 1.00. The molecule has 0 bridgehead atoms. The van der Waals surface area contributed by atoms with Crippen LogP contribution >= 0.6 is 0 Å². The molecule has 2 rings (SSSR count). The summed E-state index contributed by atoms with van der Waals surface area (Å²) in [5, 5.41) is 58.6. The minimum atomic E-state index is -1.42. The van der Waals surface area contributed by atoms with Gasteiger partial charge < -0.3 is 66.8 Å². The zero-order chi connectivity index (χ0) is 22.6. The maximum Gasteiger partial charge on any atom is 0.176 e. The molecule has 1 heterocycles. The molecule has 30 heavy (non-hydrogen) atoms. The summed E-state index contributed by atoms with van der Waals surface area (Å²) in [5.74, 6) is 0. The molecule has 0 aromatic carbocycles. The van der Waals surface area contributed by atoms with Crippen molar-refractivity contribution < 1.29 is 49.6 Å². The lowest BCUT2D eigenvalue weighted by molar-refractivity contribution is -0.302. The number of aliphatic hydroxyl groups excluding tert-OH is 6. The zero-order valence-corrected chi connectivity index (χ0v) is 16.8. The second-order valence-electron chi connectivity index (χ2n) is 7.82. The Kier molecular flexibility index (Phi) is 9.76. The molecule has 0 spiro atoms. The Labute approximate surface area is 174 Å². The van der Waals surface area contributed by atoms with Gasteiger partial charge in [0.15, 0.2) is 6.29 Å². The Balaban J connectivity index is 2.09. The highest BCUT2D eigenvalue weighted by molar-refractivity contribution is 5.00. The average Bonchev–Trinajstić information content (AvgIpc) is 2.70. The molecule has 13 nitrogen and oxygen atoms in total. The van der Waals surface area contributed by atoms with Gasteiger partial charge in [-0.2, -0.15) is 0 Å². The summed E-state index contributed by atoms with van der Waals surface area (Å²) in [6, 6.07) is -2.58.